The van der Waals surface area contributed by atoms with Crippen molar-refractivity contribution in [1.29, 1.82) is 0 Å². The molecular formula is C23H20O8. The van der Waals surface area contributed by atoms with Crippen LogP contribution in [0.5, 0.6) is 11.5 Å². The summed E-state index contributed by atoms with van der Waals surface area (Å²) >= 11 is 0. The van der Waals surface area contributed by atoms with Crippen molar-refractivity contribution in [2.24, 2.45) is 0 Å². The summed E-state index contributed by atoms with van der Waals surface area (Å²) in [4.78, 5) is 51.9. The molecular weight excluding hydrogens is 404 g/mol. The van der Waals surface area contributed by atoms with Crippen molar-refractivity contribution in [1.82, 2.24) is 0 Å². The topological polar surface area (TPSA) is 138 Å². The zero-order valence-corrected chi connectivity index (χ0v) is 16.9. The number of carbonyl (C=O) groups excluding carboxylic acids is 4. The quantitative estimate of drug-likeness (QED) is 0.430. The lowest BCUT2D eigenvalue weighted by Crippen LogP contribution is -2.47. The van der Waals surface area contributed by atoms with E-state index in [0.29, 0.717) is 0 Å². The summed E-state index contributed by atoms with van der Waals surface area (Å²) in [6, 6.07) is 5.91. The number of aromatic hydroxyl groups is 2. The SMILES string of the molecule is CCOC(=O)[C@@H]1c2c(O)c3c(c(O)c2C(=O)CC1(O)CC)C(=O)c1ccccc1C3=O. The van der Waals surface area contributed by atoms with Crippen LogP contribution in [0.3, 0.4) is 0 Å². The van der Waals surface area contributed by atoms with Gasteiger partial charge in [0.15, 0.2) is 17.3 Å². The number of Topliss-reactive ketones (excluding diaryl/α,β-unsaturated/α-hetero) is 1. The van der Waals surface area contributed by atoms with Crippen LogP contribution in [-0.2, 0) is 9.53 Å². The lowest BCUT2D eigenvalue weighted by Gasteiger charge is -2.39. The highest BCUT2D eigenvalue weighted by Crippen LogP contribution is 2.52. The molecule has 0 fully saturated rings. The number of hydrogen-bond donors (Lipinski definition) is 3. The number of esters is 1. The Bertz CT molecular complexity index is 1180. The maximum atomic E-state index is 13.1. The fourth-order valence-electron chi connectivity index (χ4n) is 4.53. The minimum Gasteiger partial charge on any atom is -0.507 e. The van der Waals surface area contributed by atoms with Gasteiger partial charge in [-0.3, -0.25) is 19.2 Å². The molecule has 0 heterocycles. The van der Waals surface area contributed by atoms with Gasteiger partial charge in [-0.2, -0.15) is 0 Å². The summed E-state index contributed by atoms with van der Waals surface area (Å²) in [5, 5.41) is 33.1. The summed E-state index contributed by atoms with van der Waals surface area (Å²) in [6.07, 6.45) is -0.556. The Kier molecular flexibility index (Phi) is 4.70. The van der Waals surface area contributed by atoms with Gasteiger partial charge in [0.2, 0.25) is 0 Å². The van der Waals surface area contributed by atoms with Crippen LogP contribution in [0.15, 0.2) is 24.3 Å². The first kappa shape index (κ1) is 20.7. The minimum absolute atomic E-state index is 0.0234. The van der Waals surface area contributed by atoms with Crippen molar-refractivity contribution in [3.63, 3.8) is 0 Å². The van der Waals surface area contributed by atoms with Crippen molar-refractivity contribution >= 4 is 23.3 Å². The van der Waals surface area contributed by atoms with Crippen molar-refractivity contribution in [2.75, 3.05) is 6.61 Å². The molecule has 0 bridgehead atoms. The van der Waals surface area contributed by atoms with E-state index in [4.69, 9.17) is 4.74 Å². The number of ether oxygens (including phenoxy) is 1. The molecule has 2 aromatic carbocycles. The molecule has 0 saturated carbocycles. The van der Waals surface area contributed by atoms with Crippen molar-refractivity contribution in [3.8, 4) is 11.5 Å². The third-order valence-electron chi connectivity index (χ3n) is 6.06. The number of carbonyl (C=O) groups is 4. The molecule has 0 radical (unpaired) electrons. The maximum absolute atomic E-state index is 13.1. The predicted octanol–water partition coefficient (Wildman–Crippen LogP) is 2.25. The van der Waals surface area contributed by atoms with Gasteiger partial charge in [-0.05, 0) is 13.3 Å². The molecule has 2 atom stereocenters. The van der Waals surface area contributed by atoms with Crippen molar-refractivity contribution < 1.29 is 39.2 Å². The first-order valence-corrected chi connectivity index (χ1v) is 9.90. The van der Waals surface area contributed by atoms with E-state index >= 15 is 0 Å². The van der Waals surface area contributed by atoms with E-state index in [1.165, 1.54) is 12.1 Å². The molecule has 2 aromatic rings. The van der Waals surface area contributed by atoms with Gasteiger partial charge in [0.1, 0.15) is 17.4 Å². The van der Waals surface area contributed by atoms with Gasteiger partial charge in [0, 0.05) is 23.1 Å². The smallest absolute Gasteiger partial charge is 0.316 e. The third-order valence-corrected chi connectivity index (χ3v) is 6.06. The number of phenolic OH excluding ortho intramolecular Hbond substituents is 2. The number of rotatable bonds is 3. The van der Waals surface area contributed by atoms with E-state index in [1.807, 2.05) is 0 Å². The van der Waals surface area contributed by atoms with E-state index in [-0.39, 0.29) is 24.2 Å². The van der Waals surface area contributed by atoms with Crippen molar-refractivity contribution in [2.45, 2.75) is 38.2 Å². The molecule has 31 heavy (non-hydrogen) atoms. The standard InChI is InChI=1S/C23H20O8/c1-3-23(30)9-12(24)13-14(17(23)22(29)31-4-2)21(28)16-15(20(13)27)18(25)10-7-5-6-8-11(10)19(16)26/h5-8,17,27-28,30H,3-4,9H2,1-2H3/t17-,23?/m0/s1. The molecule has 2 aliphatic carbocycles. The largest absolute Gasteiger partial charge is 0.507 e. The van der Waals surface area contributed by atoms with Gasteiger partial charge in [-0.25, -0.2) is 0 Å². The summed E-state index contributed by atoms with van der Waals surface area (Å²) in [6.45, 7) is 3.09. The average Bonchev–Trinajstić information content (AvgIpc) is 2.74. The van der Waals surface area contributed by atoms with E-state index in [9.17, 15) is 34.5 Å². The number of benzene rings is 2. The summed E-state index contributed by atoms with van der Waals surface area (Å²) in [7, 11) is 0. The predicted molar refractivity (Wildman–Crippen MR) is 107 cm³/mol. The van der Waals surface area contributed by atoms with Crippen LogP contribution in [0.2, 0.25) is 0 Å². The highest BCUT2D eigenvalue weighted by Gasteiger charge is 2.53. The summed E-state index contributed by atoms with van der Waals surface area (Å²) in [5.74, 6) is -6.22. The van der Waals surface area contributed by atoms with Crippen LogP contribution in [0.25, 0.3) is 0 Å². The molecule has 160 valence electrons. The molecule has 1 unspecified atom stereocenters. The summed E-state index contributed by atoms with van der Waals surface area (Å²) in [5.41, 5.74) is -3.67. The molecule has 0 spiro atoms. The second-order valence-corrected chi connectivity index (χ2v) is 7.68. The van der Waals surface area contributed by atoms with Gasteiger partial charge >= 0.3 is 5.97 Å². The number of phenols is 2. The Morgan fingerprint density at radius 2 is 1.55 bits per heavy atom. The number of hydrogen-bond acceptors (Lipinski definition) is 8. The Morgan fingerprint density at radius 1 is 1.00 bits per heavy atom. The Morgan fingerprint density at radius 3 is 2.06 bits per heavy atom. The van der Waals surface area contributed by atoms with E-state index in [1.54, 1.807) is 26.0 Å². The lowest BCUT2D eigenvalue weighted by molar-refractivity contribution is -0.152. The van der Waals surface area contributed by atoms with Crippen LogP contribution in [0, 0.1) is 0 Å². The molecule has 2 aliphatic rings. The van der Waals surface area contributed by atoms with Gasteiger partial charge in [0.25, 0.3) is 0 Å². The van der Waals surface area contributed by atoms with Gasteiger partial charge < -0.3 is 20.1 Å². The fourth-order valence-corrected chi connectivity index (χ4v) is 4.53. The van der Waals surface area contributed by atoms with Crippen LogP contribution >= 0.6 is 0 Å². The average molecular weight is 424 g/mol. The molecule has 8 nitrogen and oxygen atoms in total. The Labute approximate surface area is 177 Å². The molecule has 3 N–H and O–H groups in total. The highest BCUT2D eigenvalue weighted by molar-refractivity contribution is 6.31. The molecule has 0 saturated heterocycles. The summed E-state index contributed by atoms with van der Waals surface area (Å²) < 4.78 is 5.06. The highest BCUT2D eigenvalue weighted by atomic mass is 16.5. The molecule has 0 aromatic heterocycles. The second kappa shape index (κ2) is 7.02. The van der Waals surface area contributed by atoms with Gasteiger partial charge in [-0.1, -0.05) is 31.2 Å². The first-order chi connectivity index (χ1) is 14.7. The monoisotopic (exact) mass is 424 g/mol. The third kappa shape index (κ3) is 2.71. The normalized spacial score (nSPS) is 21.9. The van der Waals surface area contributed by atoms with Gasteiger partial charge in [0.05, 0.1) is 28.9 Å². The Balaban J connectivity index is 2.09. The Hall–Kier alpha value is -3.52. The van der Waals surface area contributed by atoms with Crippen molar-refractivity contribution in [3.05, 3.63) is 57.6 Å². The van der Waals surface area contributed by atoms with E-state index in [0.717, 1.165) is 0 Å². The van der Waals surface area contributed by atoms with Crippen LogP contribution in [0.1, 0.15) is 80.4 Å². The zero-order chi connectivity index (χ0) is 22.7. The van der Waals surface area contributed by atoms with Crippen LogP contribution in [-0.4, -0.2) is 50.8 Å². The number of fused-ring (bicyclic) bond motifs is 3. The van der Waals surface area contributed by atoms with Gasteiger partial charge in [-0.15, -0.1) is 0 Å². The molecule has 0 amide bonds. The molecule has 0 aliphatic heterocycles. The van der Waals surface area contributed by atoms with E-state index < -0.39 is 75.0 Å². The van der Waals surface area contributed by atoms with E-state index in [2.05, 4.69) is 0 Å². The number of ketones is 3. The number of aliphatic hydroxyl groups is 1. The van der Waals surface area contributed by atoms with Crippen LogP contribution in [0.4, 0.5) is 0 Å². The van der Waals surface area contributed by atoms with Crippen LogP contribution < -0.4 is 0 Å². The lowest BCUT2D eigenvalue weighted by atomic mass is 9.67. The molecule has 4 rings (SSSR count). The maximum Gasteiger partial charge on any atom is 0.316 e. The second-order valence-electron chi connectivity index (χ2n) is 7.68. The fraction of sp³-hybridized carbons (Fsp3) is 0.304. The molecule has 8 heteroatoms. The minimum atomic E-state index is -1.89. The first-order valence-electron chi connectivity index (χ1n) is 9.90. The zero-order valence-electron chi connectivity index (χ0n) is 16.9.